The van der Waals surface area contributed by atoms with E-state index in [9.17, 15) is 13.9 Å². The molecule has 0 bridgehead atoms. The number of aryl methyl sites for hydroxylation is 2. The Bertz CT molecular complexity index is 1160. The van der Waals surface area contributed by atoms with Gasteiger partial charge in [-0.1, -0.05) is 18.2 Å². The van der Waals surface area contributed by atoms with Crippen LogP contribution in [-0.2, 0) is 0 Å². The maximum atomic E-state index is 15.0. The summed E-state index contributed by atoms with van der Waals surface area (Å²) < 4.78 is 28.8. The van der Waals surface area contributed by atoms with Crippen molar-refractivity contribution in [3.05, 3.63) is 58.3 Å². The number of benzene rings is 1. The largest absolute Gasteiger partial charge is 0.395 e. The molecule has 0 amide bonds. The lowest BCUT2D eigenvalue weighted by Gasteiger charge is -2.32. The minimum atomic E-state index is -1.38. The maximum absolute atomic E-state index is 15.0. The molecule has 1 saturated heterocycles. The minimum absolute atomic E-state index is 0.0574. The van der Waals surface area contributed by atoms with Gasteiger partial charge in [-0.05, 0) is 71.2 Å². The summed E-state index contributed by atoms with van der Waals surface area (Å²) in [7, 11) is 0. The van der Waals surface area contributed by atoms with E-state index in [-0.39, 0.29) is 12.2 Å². The Hall–Kier alpha value is -2.71. The van der Waals surface area contributed by atoms with Crippen molar-refractivity contribution in [1.82, 2.24) is 19.9 Å². The molecule has 3 heterocycles. The summed E-state index contributed by atoms with van der Waals surface area (Å²) in [6.07, 6.45) is 0.617. The van der Waals surface area contributed by atoms with Gasteiger partial charge in [0, 0.05) is 23.4 Å². The molecule has 1 aliphatic heterocycles. The van der Waals surface area contributed by atoms with Gasteiger partial charge >= 0.3 is 0 Å². The molecule has 6 nitrogen and oxygen atoms in total. The highest BCUT2D eigenvalue weighted by molar-refractivity contribution is 5.87. The monoisotopic (exact) mass is 469 g/mol. The number of likely N-dealkylation sites (tertiary alicyclic amines) is 1. The summed E-state index contributed by atoms with van der Waals surface area (Å²) >= 11 is 0. The third kappa shape index (κ3) is 5.03. The number of hydrogen-bond donors (Lipinski definition) is 2. The van der Waals surface area contributed by atoms with E-state index in [2.05, 4.69) is 26.3 Å². The summed E-state index contributed by atoms with van der Waals surface area (Å²) in [5.41, 5.74) is 3.19. The van der Waals surface area contributed by atoms with Gasteiger partial charge in [-0.15, -0.1) is 0 Å². The van der Waals surface area contributed by atoms with E-state index in [1.165, 1.54) is 18.6 Å². The molecular weight excluding hydrogens is 436 g/mol. The molecule has 0 spiro atoms. The van der Waals surface area contributed by atoms with Crippen LogP contribution in [0.2, 0.25) is 0 Å². The quantitative estimate of drug-likeness (QED) is 0.498. The predicted octanol–water partition coefficient (Wildman–Crippen LogP) is 5.16. The fourth-order valence-corrected chi connectivity index (χ4v) is 4.89. The molecule has 8 heteroatoms. The molecule has 182 valence electrons. The normalized spacial score (nSPS) is 17.1. The Labute approximate surface area is 199 Å². The van der Waals surface area contributed by atoms with Crippen LogP contribution in [0.1, 0.15) is 73.0 Å². The molecule has 1 aliphatic rings. The van der Waals surface area contributed by atoms with E-state index in [0.717, 1.165) is 37.0 Å². The van der Waals surface area contributed by atoms with Gasteiger partial charge in [0.25, 0.3) is 0 Å². The third-order valence-electron chi connectivity index (χ3n) is 6.78. The number of halogens is 2. The summed E-state index contributed by atoms with van der Waals surface area (Å²) in [5, 5.41) is 13.3. The highest BCUT2D eigenvalue weighted by atomic mass is 19.1. The molecule has 0 aliphatic carbocycles. The predicted molar refractivity (Wildman–Crippen MR) is 130 cm³/mol. The zero-order valence-corrected chi connectivity index (χ0v) is 20.3. The van der Waals surface area contributed by atoms with Crippen molar-refractivity contribution in [1.29, 1.82) is 0 Å². The zero-order valence-electron chi connectivity index (χ0n) is 20.3. The minimum Gasteiger partial charge on any atom is -0.395 e. The smallest absolute Gasteiger partial charge is 0.165 e. The van der Waals surface area contributed by atoms with Crippen molar-refractivity contribution in [3.63, 3.8) is 0 Å². The van der Waals surface area contributed by atoms with Gasteiger partial charge in [-0.25, -0.2) is 23.7 Å². The number of hydrogen-bond acceptors (Lipinski definition) is 6. The third-order valence-corrected chi connectivity index (χ3v) is 6.78. The molecule has 0 saturated carbocycles. The molecule has 2 atom stereocenters. The molecule has 2 aromatic heterocycles. The first-order chi connectivity index (χ1) is 16.3. The first-order valence-electron chi connectivity index (χ1n) is 12.0. The van der Waals surface area contributed by atoms with Crippen LogP contribution in [0.4, 0.5) is 14.6 Å². The van der Waals surface area contributed by atoms with Gasteiger partial charge in [0.2, 0.25) is 0 Å². The van der Waals surface area contributed by atoms with Crippen molar-refractivity contribution in [2.75, 3.05) is 31.6 Å². The van der Waals surface area contributed by atoms with Gasteiger partial charge in [0.1, 0.15) is 23.6 Å². The average molecular weight is 470 g/mol. The number of aromatic nitrogens is 3. The van der Waals surface area contributed by atoms with Gasteiger partial charge in [0.05, 0.1) is 18.0 Å². The van der Waals surface area contributed by atoms with Crippen LogP contribution in [-0.4, -0.2) is 51.2 Å². The number of nitrogens with one attached hydrogen (secondary N) is 1. The van der Waals surface area contributed by atoms with E-state index < -0.39 is 18.0 Å². The number of nitrogens with zero attached hydrogens (tertiary/aromatic N) is 4. The Morgan fingerprint density at radius 2 is 1.82 bits per heavy atom. The second kappa shape index (κ2) is 10.3. The second-order valence-electron chi connectivity index (χ2n) is 9.23. The van der Waals surface area contributed by atoms with Crippen molar-refractivity contribution < 1.29 is 13.9 Å². The van der Waals surface area contributed by atoms with Crippen LogP contribution in [0.3, 0.4) is 0 Å². The number of alkyl halides is 1. The van der Waals surface area contributed by atoms with Crippen LogP contribution in [0.25, 0.3) is 11.0 Å². The lowest BCUT2D eigenvalue weighted by molar-refractivity contribution is 0.164. The maximum Gasteiger partial charge on any atom is 0.165 e. The molecule has 1 aromatic carbocycles. The molecule has 0 radical (unpaired) electrons. The summed E-state index contributed by atoms with van der Waals surface area (Å²) in [5.74, 6) is 1.01. The van der Waals surface area contributed by atoms with Gasteiger partial charge in [-0.3, -0.25) is 0 Å². The van der Waals surface area contributed by atoms with Crippen LogP contribution < -0.4 is 5.32 Å². The van der Waals surface area contributed by atoms with E-state index >= 15 is 0 Å². The molecule has 1 fully saturated rings. The number of piperidine rings is 1. The van der Waals surface area contributed by atoms with Gasteiger partial charge < -0.3 is 15.3 Å². The van der Waals surface area contributed by atoms with Crippen LogP contribution in [0.15, 0.2) is 24.3 Å². The van der Waals surface area contributed by atoms with Gasteiger partial charge in [0.15, 0.2) is 5.65 Å². The lowest BCUT2D eigenvalue weighted by atomic mass is 9.88. The Kier molecular flexibility index (Phi) is 7.38. The van der Waals surface area contributed by atoms with Crippen molar-refractivity contribution in [2.45, 2.75) is 58.7 Å². The van der Waals surface area contributed by atoms with Crippen molar-refractivity contribution in [2.24, 2.45) is 0 Å². The van der Waals surface area contributed by atoms with Crippen molar-refractivity contribution in [3.8, 4) is 0 Å². The van der Waals surface area contributed by atoms with Gasteiger partial charge in [-0.2, -0.15) is 0 Å². The number of β-amino-alcohol motifs (C(OH)–C–C–N with tert-alkyl or cyclic N) is 1. The standard InChI is InChI=1S/C26H33F2N5O/c1-15(27)20-6-5-7-21(24(20)28)16(2)29-25-23-14-22(17(3)30-26(23)32-18(4)31-25)19-8-10-33(11-9-19)12-13-34/h5-7,14-16,19,34H,8-13H2,1-4H3,(H,29,30,31,32)/t15?,16-/m1/s1. The number of aliphatic hydroxyl groups is 1. The Morgan fingerprint density at radius 1 is 1.12 bits per heavy atom. The summed E-state index contributed by atoms with van der Waals surface area (Å²) in [6.45, 7) is 9.78. The van der Waals surface area contributed by atoms with Crippen molar-refractivity contribution >= 4 is 16.9 Å². The lowest BCUT2D eigenvalue weighted by Crippen LogP contribution is -2.35. The molecule has 1 unspecified atom stereocenters. The number of aliphatic hydroxyl groups excluding tert-OH is 1. The second-order valence-corrected chi connectivity index (χ2v) is 9.23. The fourth-order valence-electron chi connectivity index (χ4n) is 4.89. The SMILES string of the molecule is Cc1nc(N[C@H](C)c2cccc(C(C)F)c2F)c2cc(C3CCN(CCO)CC3)c(C)nc2n1. The molecular formula is C26H33F2N5O. The number of anilines is 1. The first-order valence-corrected chi connectivity index (χ1v) is 12.0. The highest BCUT2D eigenvalue weighted by Crippen LogP contribution is 2.34. The molecule has 4 rings (SSSR count). The molecule has 34 heavy (non-hydrogen) atoms. The topological polar surface area (TPSA) is 74.2 Å². The first kappa shape index (κ1) is 24.4. The molecule has 2 N–H and O–H groups in total. The van der Waals surface area contributed by atoms with E-state index in [1.807, 2.05) is 20.8 Å². The van der Waals surface area contributed by atoms with E-state index in [1.54, 1.807) is 12.1 Å². The van der Waals surface area contributed by atoms with Crippen LogP contribution in [0.5, 0.6) is 0 Å². The Morgan fingerprint density at radius 3 is 2.50 bits per heavy atom. The Balaban J connectivity index is 1.67. The number of rotatable bonds is 7. The van der Waals surface area contributed by atoms with Crippen LogP contribution in [0, 0.1) is 19.7 Å². The molecule has 3 aromatic rings. The van der Waals surface area contributed by atoms with Crippen LogP contribution >= 0.6 is 0 Å². The highest BCUT2D eigenvalue weighted by Gasteiger charge is 2.24. The average Bonchev–Trinajstić information content (AvgIpc) is 2.79. The van der Waals surface area contributed by atoms with E-state index in [4.69, 9.17) is 4.98 Å². The fraction of sp³-hybridized carbons (Fsp3) is 0.500. The summed E-state index contributed by atoms with van der Waals surface area (Å²) in [4.78, 5) is 16.2. The zero-order chi connectivity index (χ0) is 24.4. The number of pyridine rings is 1. The van der Waals surface area contributed by atoms with E-state index in [0.29, 0.717) is 35.3 Å². The number of fused-ring (bicyclic) bond motifs is 1. The summed E-state index contributed by atoms with van der Waals surface area (Å²) in [6, 6.07) is 6.52.